The molecule has 0 amide bonds. The fourth-order valence-electron chi connectivity index (χ4n) is 3.78. The minimum atomic E-state index is -3.50. The number of nitrogens with one attached hydrogen (secondary N) is 1. The standard InChI is InChI=1S/C22H30N2O3S/c1-18-8-6-9-19(2)24(18)17-7-16-23-28(25,26)22-14-12-21(13-15-22)27-20-10-4-3-5-11-20/h3-5,10-15,18-19,23H,6-9,16-17H2,1-2H3. The summed E-state index contributed by atoms with van der Waals surface area (Å²) in [5.41, 5.74) is 0. The van der Waals surface area contributed by atoms with Crippen molar-refractivity contribution in [2.24, 2.45) is 0 Å². The van der Waals surface area contributed by atoms with Gasteiger partial charge in [-0.05, 0) is 76.1 Å². The first-order valence-corrected chi connectivity index (χ1v) is 11.5. The van der Waals surface area contributed by atoms with E-state index in [2.05, 4.69) is 23.5 Å². The molecule has 3 rings (SSSR count). The zero-order chi connectivity index (χ0) is 20.0. The summed E-state index contributed by atoms with van der Waals surface area (Å²) < 4.78 is 33.5. The average molecular weight is 403 g/mol. The Morgan fingerprint density at radius 1 is 0.964 bits per heavy atom. The molecule has 152 valence electrons. The summed E-state index contributed by atoms with van der Waals surface area (Å²) in [6, 6.07) is 17.1. The zero-order valence-electron chi connectivity index (χ0n) is 16.7. The van der Waals surface area contributed by atoms with Crippen molar-refractivity contribution >= 4 is 10.0 Å². The van der Waals surface area contributed by atoms with Crippen LogP contribution in [0.1, 0.15) is 39.5 Å². The molecule has 1 heterocycles. The van der Waals surface area contributed by atoms with Crippen LogP contribution in [0.2, 0.25) is 0 Å². The molecule has 1 aliphatic rings. The number of ether oxygens (including phenoxy) is 1. The lowest BCUT2D eigenvalue weighted by molar-refractivity contribution is 0.103. The minimum Gasteiger partial charge on any atom is -0.457 e. The molecule has 2 aromatic rings. The molecular formula is C22H30N2O3S. The maximum Gasteiger partial charge on any atom is 0.240 e. The van der Waals surface area contributed by atoms with Crippen LogP contribution >= 0.6 is 0 Å². The summed E-state index contributed by atoms with van der Waals surface area (Å²) >= 11 is 0. The summed E-state index contributed by atoms with van der Waals surface area (Å²) in [7, 11) is -3.50. The quantitative estimate of drug-likeness (QED) is 0.665. The van der Waals surface area contributed by atoms with E-state index in [0.29, 0.717) is 24.4 Å². The largest absolute Gasteiger partial charge is 0.457 e. The summed E-state index contributed by atoms with van der Waals surface area (Å²) in [4.78, 5) is 2.75. The van der Waals surface area contributed by atoms with E-state index >= 15 is 0 Å². The second kappa shape index (κ2) is 9.54. The summed E-state index contributed by atoms with van der Waals surface area (Å²) in [5, 5.41) is 0. The lowest BCUT2D eigenvalue weighted by Crippen LogP contribution is -2.44. The SMILES string of the molecule is CC1CCCC(C)N1CCCNS(=O)(=O)c1ccc(Oc2ccccc2)cc1. The van der Waals surface area contributed by atoms with Crippen molar-refractivity contribution in [3.8, 4) is 11.5 Å². The highest BCUT2D eigenvalue weighted by Gasteiger charge is 2.24. The number of benzene rings is 2. The molecule has 1 saturated heterocycles. The number of para-hydroxylation sites is 1. The van der Waals surface area contributed by atoms with Crippen molar-refractivity contribution in [1.82, 2.24) is 9.62 Å². The number of piperidine rings is 1. The Labute approximate surface area is 168 Å². The van der Waals surface area contributed by atoms with Gasteiger partial charge in [-0.3, -0.25) is 4.90 Å². The highest BCUT2D eigenvalue weighted by atomic mass is 32.2. The summed E-state index contributed by atoms with van der Waals surface area (Å²) in [5.74, 6) is 1.33. The maximum atomic E-state index is 12.5. The highest BCUT2D eigenvalue weighted by Crippen LogP contribution is 2.23. The Kier molecular flexibility index (Phi) is 7.10. The number of nitrogens with zero attached hydrogens (tertiary/aromatic N) is 1. The minimum absolute atomic E-state index is 0.257. The van der Waals surface area contributed by atoms with Gasteiger partial charge in [-0.15, -0.1) is 0 Å². The summed E-state index contributed by atoms with van der Waals surface area (Å²) in [6.45, 7) is 5.90. The van der Waals surface area contributed by atoms with Gasteiger partial charge >= 0.3 is 0 Å². The molecule has 0 aromatic heterocycles. The molecule has 2 aromatic carbocycles. The lowest BCUT2D eigenvalue weighted by Gasteiger charge is -2.39. The van der Waals surface area contributed by atoms with Gasteiger partial charge in [-0.25, -0.2) is 13.1 Å². The number of hydrogen-bond acceptors (Lipinski definition) is 4. The number of likely N-dealkylation sites (tertiary alicyclic amines) is 1. The first kappa shape index (κ1) is 20.8. The molecule has 0 radical (unpaired) electrons. The Bertz CT molecular complexity index is 828. The van der Waals surface area contributed by atoms with Gasteiger partial charge in [0.05, 0.1) is 4.90 Å². The van der Waals surface area contributed by atoms with Crippen LogP contribution in [-0.2, 0) is 10.0 Å². The molecule has 2 unspecified atom stereocenters. The Morgan fingerprint density at radius 3 is 2.21 bits per heavy atom. The van der Waals surface area contributed by atoms with Crippen LogP contribution in [0.5, 0.6) is 11.5 Å². The third kappa shape index (κ3) is 5.56. The molecular weight excluding hydrogens is 372 g/mol. The van der Waals surface area contributed by atoms with Gasteiger partial charge in [0.1, 0.15) is 11.5 Å². The smallest absolute Gasteiger partial charge is 0.240 e. The molecule has 0 saturated carbocycles. The van der Waals surface area contributed by atoms with Gasteiger partial charge in [-0.2, -0.15) is 0 Å². The topological polar surface area (TPSA) is 58.6 Å². The van der Waals surface area contributed by atoms with Gasteiger partial charge < -0.3 is 4.74 Å². The fraction of sp³-hybridized carbons (Fsp3) is 0.455. The van der Waals surface area contributed by atoms with Crippen molar-refractivity contribution < 1.29 is 13.2 Å². The fourth-order valence-corrected chi connectivity index (χ4v) is 4.85. The molecule has 28 heavy (non-hydrogen) atoms. The van der Waals surface area contributed by atoms with E-state index < -0.39 is 10.0 Å². The van der Waals surface area contributed by atoms with Crippen LogP contribution in [0.15, 0.2) is 59.5 Å². The van der Waals surface area contributed by atoms with Crippen molar-refractivity contribution in [1.29, 1.82) is 0 Å². The van der Waals surface area contributed by atoms with Gasteiger partial charge in [-0.1, -0.05) is 24.6 Å². The van der Waals surface area contributed by atoms with Gasteiger partial charge in [0.25, 0.3) is 0 Å². The van der Waals surface area contributed by atoms with E-state index in [1.165, 1.54) is 19.3 Å². The van der Waals surface area contributed by atoms with Gasteiger partial charge in [0.15, 0.2) is 0 Å². The predicted octanol–water partition coefficient (Wildman–Crippen LogP) is 4.41. The van der Waals surface area contributed by atoms with Gasteiger partial charge in [0.2, 0.25) is 10.0 Å². The molecule has 1 fully saturated rings. The predicted molar refractivity (Wildman–Crippen MR) is 112 cm³/mol. The van der Waals surface area contributed by atoms with Crippen LogP contribution in [0.25, 0.3) is 0 Å². The number of sulfonamides is 1. The van der Waals surface area contributed by atoms with Crippen molar-refractivity contribution in [2.75, 3.05) is 13.1 Å². The van der Waals surface area contributed by atoms with E-state index in [-0.39, 0.29) is 4.90 Å². The third-order valence-corrected chi connectivity index (χ3v) is 6.85. The molecule has 0 bridgehead atoms. The number of rotatable bonds is 8. The third-order valence-electron chi connectivity index (χ3n) is 5.37. The Balaban J connectivity index is 1.50. The first-order valence-electron chi connectivity index (χ1n) is 10.0. The summed E-state index contributed by atoms with van der Waals surface area (Å²) in [6.07, 6.45) is 4.56. The van der Waals surface area contributed by atoms with E-state index in [1.54, 1.807) is 24.3 Å². The molecule has 0 spiro atoms. The van der Waals surface area contributed by atoms with Crippen molar-refractivity contribution in [2.45, 2.75) is 56.5 Å². The highest BCUT2D eigenvalue weighted by molar-refractivity contribution is 7.89. The second-order valence-corrected chi connectivity index (χ2v) is 9.27. The molecule has 0 aliphatic carbocycles. The maximum absolute atomic E-state index is 12.5. The molecule has 1 N–H and O–H groups in total. The average Bonchev–Trinajstić information content (AvgIpc) is 2.68. The van der Waals surface area contributed by atoms with Crippen molar-refractivity contribution in [3.63, 3.8) is 0 Å². The Hall–Kier alpha value is -1.89. The molecule has 2 atom stereocenters. The molecule has 1 aliphatic heterocycles. The monoisotopic (exact) mass is 402 g/mol. The zero-order valence-corrected chi connectivity index (χ0v) is 17.5. The van der Waals surface area contributed by atoms with E-state index in [4.69, 9.17) is 4.74 Å². The normalized spacial score (nSPS) is 20.8. The van der Waals surface area contributed by atoms with Crippen molar-refractivity contribution in [3.05, 3.63) is 54.6 Å². The van der Waals surface area contributed by atoms with Gasteiger partial charge in [0, 0.05) is 18.6 Å². The van der Waals surface area contributed by atoms with Crippen LogP contribution in [0.3, 0.4) is 0 Å². The second-order valence-electron chi connectivity index (χ2n) is 7.50. The Morgan fingerprint density at radius 2 is 1.57 bits per heavy atom. The van der Waals surface area contributed by atoms with Crippen LogP contribution in [0.4, 0.5) is 0 Å². The first-order chi connectivity index (χ1) is 13.5. The molecule has 6 heteroatoms. The van der Waals surface area contributed by atoms with E-state index in [0.717, 1.165) is 18.7 Å². The lowest BCUT2D eigenvalue weighted by atomic mass is 9.97. The van der Waals surface area contributed by atoms with E-state index in [1.807, 2.05) is 30.3 Å². The van der Waals surface area contributed by atoms with E-state index in [9.17, 15) is 8.42 Å². The number of hydrogen-bond donors (Lipinski definition) is 1. The van der Waals surface area contributed by atoms with Crippen LogP contribution in [-0.4, -0.2) is 38.5 Å². The van der Waals surface area contributed by atoms with Crippen LogP contribution < -0.4 is 9.46 Å². The molecule has 5 nitrogen and oxygen atoms in total. The van der Waals surface area contributed by atoms with Crippen LogP contribution in [0, 0.1) is 0 Å².